The molecule has 1 N–H and O–H groups in total. The van der Waals surface area contributed by atoms with Crippen molar-refractivity contribution in [3.63, 3.8) is 0 Å². The van der Waals surface area contributed by atoms with Crippen LogP contribution in [0.5, 0.6) is 0 Å². The lowest BCUT2D eigenvalue weighted by molar-refractivity contribution is -0.123. The van der Waals surface area contributed by atoms with E-state index in [-0.39, 0.29) is 11.4 Å². The van der Waals surface area contributed by atoms with E-state index in [1.54, 1.807) is 13.0 Å². The Balaban J connectivity index is 1.73. The number of amides is 1. The number of rotatable bonds is 5. The van der Waals surface area contributed by atoms with E-state index in [2.05, 4.69) is 15.5 Å². The molecule has 1 amide bonds. The highest BCUT2D eigenvalue weighted by atomic mass is 19.1. The lowest BCUT2D eigenvalue weighted by Crippen LogP contribution is -2.30. The van der Waals surface area contributed by atoms with Gasteiger partial charge in [0.15, 0.2) is 11.8 Å². The SMILES string of the molecule is Cc1ccc(-n2nc(C)c(C(=O)O[C@H](C)C(=O)Nc3ccccc3F)n2)c(C)c1. The van der Waals surface area contributed by atoms with Crippen molar-refractivity contribution in [2.45, 2.75) is 33.8 Å². The van der Waals surface area contributed by atoms with E-state index in [1.807, 2.05) is 32.0 Å². The van der Waals surface area contributed by atoms with Gasteiger partial charge < -0.3 is 10.1 Å². The summed E-state index contributed by atoms with van der Waals surface area (Å²) in [6.45, 7) is 6.94. The molecule has 150 valence electrons. The quantitative estimate of drug-likeness (QED) is 0.667. The molecule has 0 fully saturated rings. The largest absolute Gasteiger partial charge is 0.448 e. The minimum atomic E-state index is -1.15. The van der Waals surface area contributed by atoms with Crippen LogP contribution in [0.2, 0.25) is 0 Å². The second-order valence-corrected chi connectivity index (χ2v) is 6.73. The zero-order valence-electron chi connectivity index (χ0n) is 16.6. The average molecular weight is 396 g/mol. The van der Waals surface area contributed by atoms with E-state index in [9.17, 15) is 14.0 Å². The Hall–Kier alpha value is -3.55. The number of benzene rings is 2. The highest BCUT2D eigenvalue weighted by Gasteiger charge is 2.24. The number of halogens is 1. The minimum Gasteiger partial charge on any atom is -0.448 e. The summed E-state index contributed by atoms with van der Waals surface area (Å²) in [6, 6.07) is 11.5. The van der Waals surface area contributed by atoms with Crippen molar-refractivity contribution in [1.29, 1.82) is 0 Å². The molecule has 7 nitrogen and oxygen atoms in total. The van der Waals surface area contributed by atoms with Gasteiger partial charge in [0.05, 0.1) is 17.1 Å². The highest BCUT2D eigenvalue weighted by molar-refractivity contribution is 5.97. The number of hydrogen-bond acceptors (Lipinski definition) is 5. The van der Waals surface area contributed by atoms with Crippen LogP contribution < -0.4 is 5.32 Å². The van der Waals surface area contributed by atoms with Gasteiger partial charge >= 0.3 is 5.97 Å². The summed E-state index contributed by atoms with van der Waals surface area (Å²) in [5.74, 6) is -2.01. The average Bonchev–Trinajstić information content (AvgIpc) is 3.05. The Labute approximate surface area is 167 Å². The number of nitrogens with one attached hydrogen (secondary N) is 1. The predicted molar refractivity (Wildman–Crippen MR) is 105 cm³/mol. The first-order valence-electron chi connectivity index (χ1n) is 9.04. The van der Waals surface area contributed by atoms with Crippen LogP contribution in [-0.2, 0) is 9.53 Å². The molecule has 29 heavy (non-hydrogen) atoms. The van der Waals surface area contributed by atoms with Crippen LogP contribution in [0, 0.1) is 26.6 Å². The van der Waals surface area contributed by atoms with Crippen molar-refractivity contribution in [1.82, 2.24) is 15.0 Å². The number of nitrogens with zero attached hydrogens (tertiary/aromatic N) is 3. The number of carbonyl (C=O) groups is 2. The monoisotopic (exact) mass is 396 g/mol. The molecular formula is C21H21FN4O3. The van der Waals surface area contributed by atoms with E-state index >= 15 is 0 Å². The second kappa shape index (κ2) is 8.22. The molecule has 0 aliphatic carbocycles. The zero-order valence-corrected chi connectivity index (χ0v) is 16.6. The van der Waals surface area contributed by atoms with Gasteiger partial charge in [-0.05, 0) is 51.5 Å². The van der Waals surface area contributed by atoms with Gasteiger partial charge in [0.2, 0.25) is 0 Å². The van der Waals surface area contributed by atoms with Gasteiger partial charge in [-0.2, -0.15) is 9.90 Å². The van der Waals surface area contributed by atoms with Crippen molar-refractivity contribution >= 4 is 17.6 Å². The van der Waals surface area contributed by atoms with Crippen LogP contribution in [0.3, 0.4) is 0 Å². The molecule has 2 aromatic carbocycles. The van der Waals surface area contributed by atoms with E-state index < -0.39 is 23.8 Å². The number of hydrogen-bond donors (Lipinski definition) is 1. The third-order valence-electron chi connectivity index (χ3n) is 4.33. The predicted octanol–water partition coefficient (Wildman–Crippen LogP) is 3.52. The van der Waals surface area contributed by atoms with Crippen molar-refractivity contribution in [2.24, 2.45) is 0 Å². The Morgan fingerprint density at radius 3 is 2.52 bits per heavy atom. The summed E-state index contributed by atoms with van der Waals surface area (Å²) < 4.78 is 18.9. The number of esters is 1. The lowest BCUT2D eigenvalue weighted by Gasteiger charge is -2.13. The molecule has 0 saturated heterocycles. The maximum atomic E-state index is 13.7. The molecule has 0 saturated carbocycles. The summed E-state index contributed by atoms with van der Waals surface area (Å²) in [5, 5.41) is 10.9. The molecule has 0 aliphatic rings. The van der Waals surface area contributed by atoms with Crippen LogP contribution in [0.25, 0.3) is 5.69 Å². The molecule has 0 bridgehead atoms. The molecule has 0 aliphatic heterocycles. The Morgan fingerprint density at radius 1 is 1.10 bits per heavy atom. The number of ether oxygens (including phenoxy) is 1. The number of para-hydroxylation sites is 1. The standard InChI is InChI=1S/C21H21FN4O3/c1-12-9-10-18(13(2)11-12)26-24-14(3)19(25-26)21(28)29-15(4)20(27)23-17-8-6-5-7-16(17)22/h5-11,15H,1-4H3,(H,23,27)/t15-/m1/s1. The summed E-state index contributed by atoms with van der Waals surface area (Å²) in [7, 11) is 0. The molecular weight excluding hydrogens is 375 g/mol. The first-order valence-corrected chi connectivity index (χ1v) is 9.04. The molecule has 1 atom stereocenters. The van der Waals surface area contributed by atoms with Gasteiger partial charge in [0.25, 0.3) is 5.91 Å². The fourth-order valence-corrected chi connectivity index (χ4v) is 2.77. The van der Waals surface area contributed by atoms with Gasteiger partial charge in [-0.15, -0.1) is 5.10 Å². The second-order valence-electron chi connectivity index (χ2n) is 6.73. The fraction of sp³-hybridized carbons (Fsp3) is 0.238. The molecule has 3 aromatic rings. The Kier molecular flexibility index (Phi) is 5.72. The smallest absolute Gasteiger partial charge is 0.361 e. The molecule has 0 radical (unpaired) electrons. The Bertz CT molecular complexity index is 1080. The molecule has 0 unspecified atom stereocenters. The van der Waals surface area contributed by atoms with E-state index in [0.29, 0.717) is 5.69 Å². The molecule has 1 heterocycles. The normalized spacial score (nSPS) is 11.8. The fourth-order valence-electron chi connectivity index (χ4n) is 2.77. The summed E-state index contributed by atoms with van der Waals surface area (Å²) in [6.07, 6.45) is -1.15. The summed E-state index contributed by atoms with van der Waals surface area (Å²) >= 11 is 0. The van der Waals surface area contributed by atoms with Gasteiger partial charge in [-0.1, -0.05) is 29.8 Å². The zero-order chi connectivity index (χ0) is 21.1. The third-order valence-corrected chi connectivity index (χ3v) is 4.33. The van der Waals surface area contributed by atoms with Gasteiger partial charge in [0, 0.05) is 0 Å². The van der Waals surface area contributed by atoms with Crippen LogP contribution in [0.1, 0.15) is 34.2 Å². The topological polar surface area (TPSA) is 86.1 Å². The van der Waals surface area contributed by atoms with E-state index in [0.717, 1.165) is 16.8 Å². The van der Waals surface area contributed by atoms with Crippen molar-refractivity contribution in [3.8, 4) is 5.69 Å². The molecule has 3 rings (SSSR count). The van der Waals surface area contributed by atoms with Gasteiger partial charge in [0.1, 0.15) is 5.82 Å². The number of aromatic nitrogens is 3. The van der Waals surface area contributed by atoms with Crippen molar-refractivity contribution in [2.75, 3.05) is 5.32 Å². The molecule has 0 spiro atoms. The van der Waals surface area contributed by atoms with Crippen LogP contribution >= 0.6 is 0 Å². The minimum absolute atomic E-state index is 0.00974. The first kappa shape index (κ1) is 20.2. The van der Waals surface area contributed by atoms with Gasteiger partial charge in [-0.25, -0.2) is 9.18 Å². The lowest BCUT2D eigenvalue weighted by atomic mass is 10.1. The highest BCUT2D eigenvalue weighted by Crippen LogP contribution is 2.17. The Morgan fingerprint density at radius 2 is 1.83 bits per heavy atom. The number of anilines is 1. The number of aryl methyl sites for hydroxylation is 3. The maximum Gasteiger partial charge on any atom is 0.361 e. The third kappa shape index (κ3) is 4.48. The van der Waals surface area contributed by atoms with Crippen LogP contribution in [-0.4, -0.2) is 33.0 Å². The van der Waals surface area contributed by atoms with Crippen molar-refractivity contribution in [3.05, 3.63) is 70.8 Å². The first-order chi connectivity index (χ1) is 13.8. The van der Waals surface area contributed by atoms with Crippen LogP contribution in [0.15, 0.2) is 42.5 Å². The summed E-state index contributed by atoms with van der Waals surface area (Å²) in [4.78, 5) is 26.1. The van der Waals surface area contributed by atoms with Gasteiger partial charge in [-0.3, -0.25) is 4.79 Å². The molecule has 1 aromatic heterocycles. The van der Waals surface area contributed by atoms with E-state index in [1.165, 1.54) is 29.9 Å². The summed E-state index contributed by atoms with van der Waals surface area (Å²) in [5.41, 5.74) is 3.19. The molecule has 8 heteroatoms. The van der Waals surface area contributed by atoms with Crippen molar-refractivity contribution < 1.29 is 18.7 Å². The van der Waals surface area contributed by atoms with E-state index in [4.69, 9.17) is 4.74 Å². The number of carbonyl (C=O) groups excluding carboxylic acids is 2. The van der Waals surface area contributed by atoms with Crippen LogP contribution in [0.4, 0.5) is 10.1 Å². The maximum absolute atomic E-state index is 13.7.